The summed E-state index contributed by atoms with van der Waals surface area (Å²) in [7, 11) is 0. The van der Waals surface area contributed by atoms with Gasteiger partial charge in [0, 0.05) is 25.5 Å². The molecule has 0 heterocycles. The maximum atomic E-state index is 12.9. The number of ether oxygens (including phenoxy) is 2. The number of nitrogens with one attached hydrogen (secondary N) is 3. The van der Waals surface area contributed by atoms with Crippen molar-refractivity contribution in [3.63, 3.8) is 0 Å². The summed E-state index contributed by atoms with van der Waals surface area (Å²) in [5.74, 6) is -2.12. The predicted octanol–water partition coefficient (Wildman–Crippen LogP) is 3.28. The average Bonchev–Trinajstić information content (AvgIpc) is 2.87. The number of nitrogens with zero attached hydrogens (tertiary/aromatic N) is 1. The largest absolute Gasteiger partial charge is 0.461 e. The molecule has 0 saturated heterocycles. The van der Waals surface area contributed by atoms with Gasteiger partial charge < -0.3 is 20.1 Å². The first-order valence-corrected chi connectivity index (χ1v) is 12.0. The molecule has 0 bridgehead atoms. The monoisotopic (exact) mass is 526 g/mol. The molecule has 204 valence electrons. The van der Waals surface area contributed by atoms with Crippen molar-refractivity contribution in [2.75, 3.05) is 0 Å². The Bertz CT molecular complexity index is 1130. The lowest BCUT2D eigenvalue weighted by Crippen LogP contribution is -2.48. The summed E-state index contributed by atoms with van der Waals surface area (Å²) in [6.07, 6.45) is -0.908. The zero-order chi connectivity index (χ0) is 28.3. The van der Waals surface area contributed by atoms with Crippen LogP contribution in [0.1, 0.15) is 57.2 Å². The lowest BCUT2D eigenvalue weighted by atomic mass is 10.1. The first kappa shape index (κ1) is 30.0. The lowest BCUT2D eigenvalue weighted by molar-refractivity contribution is -0.146. The van der Waals surface area contributed by atoms with E-state index in [4.69, 9.17) is 14.9 Å². The molecule has 1 atom stereocenters. The van der Waals surface area contributed by atoms with E-state index in [9.17, 15) is 24.4 Å². The normalized spacial score (nSPS) is 11.6. The third-order valence-corrected chi connectivity index (χ3v) is 5.09. The van der Waals surface area contributed by atoms with Crippen molar-refractivity contribution < 1.29 is 33.9 Å². The molecule has 2 aromatic carbocycles. The number of alkyl carbamates (subject to hydrolysis) is 1. The average molecular weight is 527 g/mol. The van der Waals surface area contributed by atoms with Crippen LogP contribution in [0, 0.1) is 5.41 Å². The van der Waals surface area contributed by atoms with Gasteiger partial charge in [0.25, 0.3) is 0 Å². The molecule has 0 saturated carbocycles. The SMILES string of the molecule is CC(=O)N(O)C(=N)c1ccc(CNC(=O)[C@H](CCC(=O)OCc2ccccc2)NC(=O)OC(C)(C)C)cc1. The van der Waals surface area contributed by atoms with Crippen LogP contribution in [0.5, 0.6) is 0 Å². The number of amides is 3. The highest BCUT2D eigenvalue weighted by molar-refractivity contribution is 6.04. The van der Waals surface area contributed by atoms with Crippen molar-refractivity contribution in [2.24, 2.45) is 0 Å². The fourth-order valence-electron chi connectivity index (χ4n) is 3.16. The molecule has 2 aromatic rings. The second-order valence-corrected chi connectivity index (χ2v) is 9.48. The third-order valence-electron chi connectivity index (χ3n) is 5.09. The molecule has 0 aliphatic carbocycles. The van der Waals surface area contributed by atoms with Crippen molar-refractivity contribution in [3.8, 4) is 0 Å². The summed E-state index contributed by atoms with van der Waals surface area (Å²) < 4.78 is 10.5. The number of hydroxylamine groups is 2. The van der Waals surface area contributed by atoms with E-state index >= 15 is 0 Å². The third kappa shape index (κ3) is 10.4. The Hall–Kier alpha value is -4.25. The standard InChI is InChI=1S/C27H34N4O7/c1-18(32)31(36)24(28)21-12-10-19(11-13-21)16-29-25(34)22(30-26(35)38-27(2,3)4)14-15-23(33)37-17-20-8-6-5-7-9-20/h5-13,22,28,36H,14-17H2,1-4H3,(H,29,34)(H,30,35)/t22-/m0/s1. The summed E-state index contributed by atoms with van der Waals surface area (Å²) in [5, 5.41) is 22.9. The van der Waals surface area contributed by atoms with E-state index in [1.807, 2.05) is 30.3 Å². The molecule has 38 heavy (non-hydrogen) atoms. The van der Waals surface area contributed by atoms with Crippen LogP contribution < -0.4 is 10.6 Å². The Morgan fingerprint density at radius 2 is 1.63 bits per heavy atom. The van der Waals surface area contributed by atoms with E-state index < -0.39 is 35.5 Å². The lowest BCUT2D eigenvalue weighted by Gasteiger charge is -2.23. The van der Waals surface area contributed by atoms with Gasteiger partial charge in [-0.05, 0) is 38.3 Å². The molecule has 0 unspecified atom stereocenters. The summed E-state index contributed by atoms with van der Waals surface area (Å²) in [5.41, 5.74) is 1.02. The number of amidine groups is 1. The van der Waals surface area contributed by atoms with E-state index in [-0.39, 0.29) is 36.9 Å². The number of carbonyl (C=O) groups is 4. The summed E-state index contributed by atoms with van der Waals surface area (Å²) in [6.45, 7) is 6.40. The van der Waals surface area contributed by atoms with Gasteiger partial charge in [0.1, 0.15) is 18.2 Å². The van der Waals surface area contributed by atoms with Crippen molar-refractivity contribution in [2.45, 2.75) is 65.3 Å². The number of benzene rings is 2. The number of hydrogen-bond donors (Lipinski definition) is 4. The Morgan fingerprint density at radius 1 is 1.00 bits per heavy atom. The van der Waals surface area contributed by atoms with Crippen LogP contribution in [0.15, 0.2) is 54.6 Å². The molecule has 0 aliphatic rings. The van der Waals surface area contributed by atoms with Crippen molar-refractivity contribution in [1.29, 1.82) is 5.41 Å². The van der Waals surface area contributed by atoms with Crippen LogP contribution >= 0.6 is 0 Å². The van der Waals surface area contributed by atoms with E-state index in [1.54, 1.807) is 32.9 Å². The van der Waals surface area contributed by atoms with Gasteiger partial charge in [0.15, 0.2) is 5.84 Å². The second-order valence-electron chi connectivity index (χ2n) is 9.48. The topological polar surface area (TPSA) is 158 Å². The maximum absolute atomic E-state index is 12.9. The van der Waals surface area contributed by atoms with Crippen LogP contribution in [-0.2, 0) is 37.0 Å². The molecule has 3 amide bonds. The molecule has 11 nitrogen and oxygen atoms in total. The molecule has 0 spiro atoms. The maximum Gasteiger partial charge on any atom is 0.408 e. The Labute approximate surface area is 221 Å². The van der Waals surface area contributed by atoms with Crippen LogP contribution in [0.2, 0.25) is 0 Å². The van der Waals surface area contributed by atoms with Crippen molar-refractivity contribution >= 4 is 29.7 Å². The van der Waals surface area contributed by atoms with Crippen LogP contribution in [0.3, 0.4) is 0 Å². The molecule has 0 fully saturated rings. The fraction of sp³-hybridized carbons (Fsp3) is 0.370. The highest BCUT2D eigenvalue weighted by Gasteiger charge is 2.25. The van der Waals surface area contributed by atoms with E-state index in [1.165, 1.54) is 12.1 Å². The second kappa shape index (κ2) is 13.9. The van der Waals surface area contributed by atoms with Crippen molar-refractivity contribution in [3.05, 3.63) is 71.3 Å². The van der Waals surface area contributed by atoms with Gasteiger partial charge in [-0.3, -0.25) is 25.0 Å². The van der Waals surface area contributed by atoms with Gasteiger partial charge >= 0.3 is 12.1 Å². The van der Waals surface area contributed by atoms with Gasteiger partial charge in [-0.25, -0.2) is 4.79 Å². The van der Waals surface area contributed by atoms with Gasteiger partial charge in [0.2, 0.25) is 11.8 Å². The summed E-state index contributed by atoms with van der Waals surface area (Å²) in [4.78, 5) is 48.7. The highest BCUT2D eigenvalue weighted by atomic mass is 16.6. The smallest absolute Gasteiger partial charge is 0.408 e. The van der Waals surface area contributed by atoms with E-state index in [0.717, 1.165) is 12.5 Å². The first-order valence-electron chi connectivity index (χ1n) is 12.0. The van der Waals surface area contributed by atoms with Crippen LogP contribution in [-0.4, -0.2) is 51.6 Å². The molecule has 2 rings (SSSR count). The zero-order valence-corrected chi connectivity index (χ0v) is 21.9. The van der Waals surface area contributed by atoms with Gasteiger partial charge in [-0.2, -0.15) is 5.06 Å². The summed E-state index contributed by atoms with van der Waals surface area (Å²) in [6, 6.07) is 14.4. The number of hydrogen-bond acceptors (Lipinski definition) is 8. The molecule has 0 aliphatic heterocycles. The number of esters is 1. The highest BCUT2D eigenvalue weighted by Crippen LogP contribution is 2.10. The zero-order valence-electron chi connectivity index (χ0n) is 21.9. The Kier molecular flexibility index (Phi) is 11.0. The molecular weight excluding hydrogens is 492 g/mol. The minimum atomic E-state index is -1.06. The van der Waals surface area contributed by atoms with Gasteiger partial charge in [-0.1, -0.05) is 54.6 Å². The molecule has 0 aromatic heterocycles. The first-order chi connectivity index (χ1) is 17.9. The number of carbonyl (C=O) groups excluding carboxylic acids is 4. The van der Waals surface area contributed by atoms with Crippen LogP contribution in [0.4, 0.5) is 4.79 Å². The van der Waals surface area contributed by atoms with Crippen LogP contribution in [0.25, 0.3) is 0 Å². The Balaban J connectivity index is 1.98. The molecule has 4 N–H and O–H groups in total. The Morgan fingerprint density at radius 3 is 2.21 bits per heavy atom. The minimum Gasteiger partial charge on any atom is -0.461 e. The predicted molar refractivity (Wildman–Crippen MR) is 138 cm³/mol. The molecule has 11 heteroatoms. The van der Waals surface area contributed by atoms with Gasteiger partial charge in [-0.15, -0.1) is 0 Å². The minimum absolute atomic E-state index is 0.00776. The van der Waals surface area contributed by atoms with E-state index in [2.05, 4.69) is 10.6 Å². The van der Waals surface area contributed by atoms with Crippen molar-refractivity contribution in [1.82, 2.24) is 15.7 Å². The molecular formula is C27H34N4O7. The quantitative estimate of drug-likeness (QED) is 0.122. The number of rotatable bonds is 10. The fourth-order valence-corrected chi connectivity index (χ4v) is 3.16. The molecule has 0 radical (unpaired) electrons. The van der Waals surface area contributed by atoms with Gasteiger partial charge in [0.05, 0.1) is 0 Å². The summed E-state index contributed by atoms with van der Waals surface area (Å²) >= 11 is 0. The van der Waals surface area contributed by atoms with E-state index in [0.29, 0.717) is 11.1 Å².